The normalized spacial score (nSPS) is 12.1. The van der Waals surface area contributed by atoms with Gasteiger partial charge < -0.3 is 0 Å². The Bertz CT molecular complexity index is 809. The van der Waals surface area contributed by atoms with Gasteiger partial charge in [-0.15, -0.1) is 0 Å². The molecule has 2 aromatic carbocycles. The zero-order valence-electron chi connectivity index (χ0n) is 15.1. The summed E-state index contributed by atoms with van der Waals surface area (Å²) in [4.78, 5) is 24.0. The van der Waals surface area contributed by atoms with Gasteiger partial charge in [-0.1, -0.05) is 68.8 Å². The van der Waals surface area contributed by atoms with Gasteiger partial charge in [-0.3, -0.25) is 9.59 Å². The maximum Gasteiger partial charge on any atom is 0.379 e. The van der Waals surface area contributed by atoms with Crippen LogP contribution in [-0.2, 0) is 12.8 Å². The van der Waals surface area contributed by atoms with Crippen molar-refractivity contribution in [2.75, 3.05) is 0 Å². The first-order valence-electron chi connectivity index (χ1n) is 8.68. The minimum Gasteiger partial charge on any atom is -0.287 e. The fraction of sp³-hybridized carbons (Fsp3) is 0.333. The smallest absolute Gasteiger partial charge is 0.287 e. The minimum atomic E-state index is -5.15. The maximum absolute atomic E-state index is 14.3. The average molecular weight is 380 g/mol. The number of ketones is 2. The van der Waals surface area contributed by atoms with Crippen LogP contribution in [0.2, 0.25) is 0 Å². The van der Waals surface area contributed by atoms with E-state index in [-0.39, 0.29) is 0 Å². The Balaban J connectivity index is 2.30. The molecule has 0 radical (unpaired) electrons. The molecule has 0 amide bonds. The number of rotatable bonds is 8. The number of halogens is 4. The zero-order chi connectivity index (χ0) is 20.2. The van der Waals surface area contributed by atoms with E-state index in [2.05, 4.69) is 0 Å². The second-order valence-corrected chi connectivity index (χ2v) is 6.30. The van der Waals surface area contributed by atoms with Crippen LogP contribution in [-0.4, -0.2) is 23.4 Å². The van der Waals surface area contributed by atoms with Crippen LogP contribution in [0.25, 0.3) is 0 Å². The third-order valence-electron chi connectivity index (χ3n) is 4.34. The Kier molecular flexibility index (Phi) is 6.19. The highest BCUT2D eigenvalue weighted by Crippen LogP contribution is 2.39. The number of hydrogen-bond acceptors (Lipinski definition) is 2. The highest BCUT2D eigenvalue weighted by molar-refractivity contribution is 6.10. The predicted octanol–water partition coefficient (Wildman–Crippen LogP) is 5.54. The first-order chi connectivity index (χ1) is 12.6. The van der Waals surface area contributed by atoms with Crippen molar-refractivity contribution in [1.82, 2.24) is 0 Å². The third-order valence-corrected chi connectivity index (χ3v) is 4.34. The molecule has 144 valence electrons. The Morgan fingerprint density at radius 1 is 0.704 bits per heavy atom. The van der Waals surface area contributed by atoms with E-state index in [9.17, 15) is 27.2 Å². The van der Waals surface area contributed by atoms with Crippen molar-refractivity contribution in [3.8, 4) is 0 Å². The number of carbonyl (C=O) groups excluding carboxylic acids is 2. The number of Topliss-reactive ketones (excluding diaryl/α,β-unsaturated/α-hetero) is 2. The Morgan fingerprint density at radius 3 is 1.41 bits per heavy atom. The molecule has 0 bridgehead atoms. The second-order valence-electron chi connectivity index (χ2n) is 6.30. The van der Waals surface area contributed by atoms with Crippen LogP contribution < -0.4 is 0 Å². The first-order valence-corrected chi connectivity index (χ1v) is 8.68. The molecule has 0 N–H and O–H groups in total. The van der Waals surface area contributed by atoms with Crippen molar-refractivity contribution in [2.24, 2.45) is 0 Å². The van der Waals surface area contributed by atoms with Gasteiger partial charge in [-0.05, 0) is 24.0 Å². The van der Waals surface area contributed by atoms with Gasteiger partial charge in [0, 0.05) is 11.1 Å². The fourth-order valence-corrected chi connectivity index (χ4v) is 2.65. The Morgan fingerprint density at radius 2 is 1.07 bits per heavy atom. The monoisotopic (exact) mass is 380 g/mol. The lowest BCUT2D eigenvalue weighted by molar-refractivity contribution is -0.147. The molecule has 0 saturated carbocycles. The van der Waals surface area contributed by atoms with Gasteiger partial charge in [0.1, 0.15) is 0 Å². The van der Waals surface area contributed by atoms with Crippen LogP contribution in [0.15, 0.2) is 48.5 Å². The summed E-state index contributed by atoms with van der Waals surface area (Å²) in [6, 6.07) is 10.00. The SMILES string of the molecule is CCCc1ccc(C(=O)C(F)(F)C(F)(F)C(=O)c2ccc(CC)cc2)cc1. The van der Waals surface area contributed by atoms with E-state index in [1.807, 2.05) is 13.8 Å². The standard InChI is InChI=1S/C21H20F4O2/c1-3-5-15-8-12-17(13-9-15)19(27)21(24,25)20(22,23)18(26)16-10-6-14(4-2)7-11-16/h6-13H,3-5H2,1-2H3. The van der Waals surface area contributed by atoms with Crippen LogP contribution >= 0.6 is 0 Å². The van der Waals surface area contributed by atoms with Crippen LogP contribution in [0.5, 0.6) is 0 Å². The summed E-state index contributed by atoms with van der Waals surface area (Å²) >= 11 is 0. The molecule has 6 heteroatoms. The fourth-order valence-electron chi connectivity index (χ4n) is 2.65. The summed E-state index contributed by atoms with van der Waals surface area (Å²) in [6.45, 7) is 3.75. The summed E-state index contributed by atoms with van der Waals surface area (Å²) in [7, 11) is 0. The Hall–Kier alpha value is -2.50. The van der Waals surface area contributed by atoms with Gasteiger partial charge in [0.05, 0.1) is 0 Å². The molecular formula is C21H20F4O2. The largest absolute Gasteiger partial charge is 0.379 e. The topological polar surface area (TPSA) is 34.1 Å². The van der Waals surface area contributed by atoms with E-state index in [1.165, 1.54) is 24.3 Å². The summed E-state index contributed by atoms with van der Waals surface area (Å²) in [5.41, 5.74) is 0.442. The molecule has 0 unspecified atom stereocenters. The summed E-state index contributed by atoms with van der Waals surface area (Å²) in [6.07, 6.45) is 2.09. The van der Waals surface area contributed by atoms with Crippen molar-refractivity contribution in [2.45, 2.75) is 45.0 Å². The van der Waals surface area contributed by atoms with Crippen LogP contribution in [0.3, 0.4) is 0 Å². The van der Waals surface area contributed by atoms with Gasteiger partial charge in [0.2, 0.25) is 11.6 Å². The van der Waals surface area contributed by atoms with E-state index in [0.717, 1.165) is 41.8 Å². The lowest BCUT2D eigenvalue weighted by atomic mass is 9.93. The molecule has 0 fully saturated rings. The van der Waals surface area contributed by atoms with Gasteiger partial charge in [-0.2, -0.15) is 17.6 Å². The van der Waals surface area contributed by atoms with E-state index in [4.69, 9.17) is 0 Å². The Labute approximate surface area is 155 Å². The molecule has 0 aliphatic carbocycles. The maximum atomic E-state index is 14.3. The lowest BCUT2D eigenvalue weighted by Gasteiger charge is -2.24. The zero-order valence-corrected chi connectivity index (χ0v) is 15.1. The minimum absolute atomic E-state index is 0.561. The van der Waals surface area contributed by atoms with Crippen LogP contribution in [0.4, 0.5) is 17.6 Å². The number of alkyl halides is 4. The molecule has 0 saturated heterocycles. The van der Waals surface area contributed by atoms with Crippen molar-refractivity contribution in [1.29, 1.82) is 0 Å². The van der Waals surface area contributed by atoms with Gasteiger partial charge in [0.15, 0.2) is 0 Å². The van der Waals surface area contributed by atoms with Crippen molar-refractivity contribution >= 4 is 11.6 Å². The highest BCUT2D eigenvalue weighted by Gasteiger charge is 2.66. The van der Waals surface area contributed by atoms with Crippen molar-refractivity contribution in [3.63, 3.8) is 0 Å². The summed E-state index contributed by atoms with van der Waals surface area (Å²) < 4.78 is 57.1. The van der Waals surface area contributed by atoms with Crippen LogP contribution in [0, 0.1) is 0 Å². The van der Waals surface area contributed by atoms with Gasteiger partial charge in [-0.25, -0.2) is 0 Å². The third kappa shape index (κ3) is 4.10. The molecule has 0 aliphatic heterocycles. The van der Waals surface area contributed by atoms with Crippen molar-refractivity contribution in [3.05, 3.63) is 70.8 Å². The number of aryl methyl sites for hydroxylation is 2. The molecule has 0 spiro atoms. The highest BCUT2D eigenvalue weighted by atomic mass is 19.3. The van der Waals surface area contributed by atoms with Crippen molar-refractivity contribution < 1.29 is 27.2 Å². The molecule has 2 nitrogen and oxygen atoms in total. The van der Waals surface area contributed by atoms with E-state index < -0.39 is 34.5 Å². The molecule has 2 rings (SSSR count). The first kappa shape index (κ1) is 20.8. The van der Waals surface area contributed by atoms with Gasteiger partial charge >= 0.3 is 11.8 Å². The number of benzene rings is 2. The van der Waals surface area contributed by atoms with Crippen LogP contribution in [0.1, 0.15) is 52.1 Å². The average Bonchev–Trinajstić information content (AvgIpc) is 2.67. The van der Waals surface area contributed by atoms with Gasteiger partial charge in [0.25, 0.3) is 0 Å². The van der Waals surface area contributed by atoms with E-state index >= 15 is 0 Å². The molecule has 0 aliphatic rings. The molecule has 0 aromatic heterocycles. The molecular weight excluding hydrogens is 360 g/mol. The summed E-state index contributed by atoms with van der Waals surface area (Å²) in [5, 5.41) is 0. The number of hydrogen-bond donors (Lipinski definition) is 0. The number of carbonyl (C=O) groups is 2. The molecule has 0 atom stereocenters. The second kappa shape index (κ2) is 8.03. The lowest BCUT2D eigenvalue weighted by Crippen LogP contribution is -2.52. The van der Waals surface area contributed by atoms with E-state index in [1.54, 1.807) is 0 Å². The summed E-state index contributed by atoms with van der Waals surface area (Å²) in [5.74, 6) is -14.5. The molecule has 27 heavy (non-hydrogen) atoms. The predicted molar refractivity (Wildman–Crippen MR) is 94.8 cm³/mol. The molecule has 2 aromatic rings. The molecule has 0 heterocycles. The quantitative estimate of drug-likeness (QED) is 0.445. The van der Waals surface area contributed by atoms with E-state index in [0.29, 0.717) is 12.8 Å².